The van der Waals surface area contributed by atoms with Gasteiger partial charge in [0.25, 0.3) is 0 Å². The molecule has 33 heavy (non-hydrogen) atoms. The molecule has 2 fully saturated rings. The molecule has 0 spiro atoms. The number of piperidine rings is 1. The van der Waals surface area contributed by atoms with Gasteiger partial charge in [-0.1, -0.05) is 18.2 Å². The summed E-state index contributed by atoms with van der Waals surface area (Å²) in [6, 6.07) is 11.9. The highest BCUT2D eigenvalue weighted by Crippen LogP contribution is 2.37. The van der Waals surface area contributed by atoms with Crippen LogP contribution in [0.3, 0.4) is 0 Å². The van der Waals surface area contributed by atoms with Gasteiger partial charge in [-0.2, -0.15) is 0 Å². The lowest BCUT2D eigenvalue weighted by molar-refractivity contribution is 0.0860. The molecule has 2 bridgehead atoms. The lowest BCUT2D eigenvalue weighted by Gasteiger charge is -2.41. The Balaban J connectivity index is 1.47. The number of urea groups is 1. The molecule has 2 aromatic carbocycles. The minimum atomic E-state index is -0.621. The molecule has 7 heteroatoms. The second-order valence-electron chi connectivity index (χ2n) is 9.51. The van der Waals surface area contributed by atoms with E-state index in [9.17, 15) is 13.6 Å². The molecule has 2 aromatic rings. The van der Waals surface area contributed by atoms with Gasteiger partial charge in [-0.15, -0.1) is 0 Å². The maximum atomic E-state index is 14.4. The van der Waals surface area contributed by atoms with Gasteiger partial charge in [0.2, 0.25) is 0 Å². The first-order chi connectivity index (χ1) is 15.8. The van der Waals surface area contributed by atoms with Crippen molar-refractivity contribution in [2.75, 3.05) is 7.05 Å². The molecule has 0 saturated carbocycles. The zero-order chi connectivity index (χ0) is 23.5. The molecule has 0 unspecified atom stereocenters. The van der Waals surface area contributed by atoms with Gasteiger partial charge in [0.15, 0.2) is 0 Å². The third kappa shape index (κ3) is 5.64. The summed E-state index contributed by atoms with van der Waals surface area (Å²) in [4.78, 5) is 17.5. The minimum Gasteiger partial charge on any atom is -0.491 e. The smallest absolute Gasteiger partial charge is 0.318 e. The van der Waals surface area contributed by atoms with Crippen LogP contribution in [0.1, 0.15) is 50.7 Å². The van der Waals surface area contributed by atoms with Crippen molar-refractivity contribution in [1.29, 1.82) is 0 Å². The summed E-state index contributed by atoms with van der Waals surface area (Å²) in [5, 5.41) is 3.01. The van der Waals surface area contributed by atoms with Gasteiger partial charge in [-0.05, 0) is 70.3 Å². The van der Waals surface area contributed by atoms with Crippen LogP contribution in [0.2, 0.25) is 0 Å². The quantitative estimate of drug-likeness (QED) is 0.630. The number of rotatable bonds is 7. The fourth-order valence-electron chi connectivity index (χ4n) is 5.07. The van der Waals surface area contributed by atoms with Crippen LogP contribution in [0.15, 0.2) is 42.5 Å². The third-order valence-corrected chi connectivity index (χ3v) is 6.87. The predicted octanol–water partition coefficient (Wildman–Crippen LogP) is 5.09. The number of nitrogens with one attached hydrogen (secondary N) is 1. The van der Waals surface area contributed by atoms with Crippen LogP contribution in [0.25, 0.3) is 0 Å². The molecule has 178 valence electrons. The first kappa shape index (κ1) is 23.5. The van der Waals surface area contributed by atoms with E-state index in [0.717, 1.165) is 43.1 Å². The predicted molar refractivity (Wildman–Crippen MR) is 124 cm³/mol. The van der Waals surface area contributed by atoms with E-state index in [1.165, 1.54) is 12.1 Å². The van der Waals surface area contributed by atoms with Gasteiger partial charge in [-0.3, -0.25) is 0 Å². The van der Waals surface area contributed by atoms with Crippen molar-refractivity contribution in [1.82, 2.24) is 15.1 Å². The van der Waals surface area contributed by atoms with Crippen LogP contribution in [0, 0.1) is 11.6 Å². The molecular weight excluding hydrogens is 424 g/mol. The van der Waals surface area contributed by atoms with E-state index in [4.69, 9.17) is 4.74 Å². The van der Waals surface area contributed by atoms with E-state index in [2.05, 4.69) is 17.3 Å². The molecule has 2 aliphatic heterocycles. The lowest BCUT2D eigenvalue weighted by Crippen LogP contribution is -2.52. The zero-order valence-corrected chi connectivity index (χ0v) is 19.6. The third-order valence-electron chi connectivity index (χ3n) is 6.87. The standard InChI is InChI=1S/C26H33F2N3O2/c1-17(2)33-24-10-4-18(5-11-24)15-29-26(32)31(16-19-6-7-20(27)12-25(19)28)23-13-21-8-9-22(14-23)30(21)3/h4-7,10-12,17,21-23H,8-9,13-16H2,1-3H3,(H,29,32)/t21-,22+,23-. The maximum Gasteiger partial charge on any atom is 0.318 e. The van der Waals surface area contributed by atoms with E-state index >= 15 is 0 Å². The number of amides is 2. The van der Waals surface area contributed by atoms with Gasteiger partial charge in [0, 0.05) is 36.3 Å². The largest absolute Gasteiger partial charge is 0.491 e. The molecule has 2 aliphatic rings. The van der Waals surface area contributed by atoms with Crippen LogP contribution in [-0.4, -0.2) is 47.1 Å². The Morgan fingerprint density at radius 2 is 1.79 bits per heavy atom. The average molecular weight is 458 g/mol. The first-order valence-corrected chi connectivity index (χ1v) is 11.8. The highest BCUT2D eigenvalue weighted by Gasteiger charge is 2.41. The van der Waals surface area contributed by atoms with Crippen LogP contribution in [-0.2, 0) is 13.1 Å². The Hall–Kier alpha value is -2.67. The number of halogens is 2. The summed E-state index contributed by atoms with van der Waals surface area (Å²) in [7, 11) is 2.15. The Kier molecular flexibility index (Phi) is 7.17. The number of nitrogens with zero attached hydrogens (tertiary/aromatic N) is 2. The Bertz CT molecular complexity index is 953. The fraction of sp³-hybridized carbons (Fsp3) is 0.500. The van der Waals surface area contributed by atoms with Crippen molar-refractivity contribution in [3.8, 4) is 5.75 Å². The average Bonchev–Trinajstić information content (AvgIpc) is 2.97. The molecule has 0 radical (unpaired) electrons. The van der Waals surface area contributed by atoms with Crippen LogP contribution < -0.4 is 10.1 Å². The van der Waals surface area contributed by atoms with E-state index in [1.54, 1.807) is 4.90 Å². The molecular formula is C26H33F2N3O2. The number of benzene rings is 2. The second-order valence-corrected chi connectivity index (χ2v) is 9.51. The number of carbonyl (C=O) groups excluding carboxylic acids is 1. The molecule has 5 nitrogen and oxygen atoms in total. The van der Waals surface area contributed by atoms with Gasteiger partial charge >= 0.3 is 6.03 Å². The van der Waals surface area contributed by atoms with E-state index in [1.807, 2.05) is 38.1 Å². The topological polar surface area (TPSA) is 44.8 Å². The monoisotopic (exact) mass is 457 g/mol. The van der Waals surface area contributed by atoms with Gasteiger partial charge in [-0.25, -0.2) is 13.6 Å². The second kappa shape index (κ2) is 10.1. The van der Waals surface area contributed by atoms with E-state index in [-0.39, 0.29) is 24.7 Å². The van der Waals surface area contributed by atoms with Crippen LogP contribution in [0.4, 0.5) is 13.6 Å². The highest BCUT2D eigenvalue weighted by molar-refractivity contribution is 5.74. The van der Waals surface area contributed by atoms with Gasteiger partial charge in [0.1, 0.15) is 17.4 Å². The van der Waals surface area contributed by atoms with Gasteiger partial charge < -0.3 is 19.9 Å². The summed E-state index contributed by atoms with van der Waals surface area (Å²) in [5.74, 6) is -0.450. The van der Waals surface area contributed by atoms with Crippen molar-refractivity contribution in [2.24, 2.45) is 0 Å². The first-order valence-electron chi connectivity index (χ1n) is 11.8. The summed E-state index contributed by atoms with van der Waals surface area (Å²) in [6.07, 6.45) is 4.08. The van der Waals surface area contributed by atoms with Crippen molar-refractivity contribution in [3.05, 3.63) is 65.2 Å². The maximum absolute atomic E-state index is 14.4. The van der Waals surface area contributed by atoms with Crippen molar-refractivity contribution >= 4 is 6.03 Å². The van der Waals surface area contributed by atoms with Crippen LogP contribution in [0.5, 0.6) is 5.75 Å². The SMILES string of the molecule is CC(C)Oc1ccc(CNC(=O)N(Cc2ccc(F)cc2F)[C@@H]2C[C@H]3CC[C@@H](C2)N3C)cc1. The molecule has 0 aliphatic carbocycles. The summed E-state index contributed by atoms with van der Waals surface area (Å²) >= 11 is 0. The lowest BCUT2D eigenvalue weighted by atomic mass is 9.96. The fourth-order valence-corrected chi connectivity index (χ4v) is 5.07. The number of carbonyl (C=O) groups is 1. The summed E-state index contributed by atoms with van der Waals surface area (Å²) in [6.45, 7) is 4.43. The highest BCUT2D eigenvalue weighted by atomic mass is 19.1. The Morgan fingerprint density at radius 1 is 1.12 bits per heavy atom. The van der Waals surface area contributed by atoms with Crippen molar-refractivity contribution in [2.45, 2.75) is 76.8 Å². The molecule has 0 aromatic heterocycles. The van der Waals surface area contributed by atoms with Crippen LogP contribution >= 0.6 is 0 Å². The van der Waals surface area contributed by atoms with E-state index < -0.39 is 11.6 Å². The number of hydrogen-bond donors (Lipinski definition) is 1. The summed E-state index contributed by atoms with van der Waals surface area (Å²) < 4.78 is 33.5. The Labute approximate surface area is 194 Å². The molecule has 1 N–H and O–H groups in total. The number of fused-ring (bicyclic) bond motifs is 2. The van der Waals surface area contributed by atoms with Crippen molar-refractivity contribution in [3.63, 3.8) is 0 Å². The molecule has 2 saturated heterocycles. The molecule has 3 atom stereocenters. The minimum absolute atomic E-state index is 0.0185. The molecule has 2 heterocycles. The molecule has 4 rings (SSSR count). The number of hydrogen-bond acceptors (Lipinski definition) is 3. The van der Waals surface area contributed by atoms with Gasteiger partial charge in [0.05, 0.1) is 12.6 Å². The van der Waals surface area contributed by atoms with E-state index in [0.29, 0.717) is 24.2 Å². The van der Waals surface area contributed by atoms with Crippen molar-refractivity contribution < 1.29 is 18.3 Å². The molecule has 2 amide bonds. The zero-order valence-electron chi connectivity index (χ0n) is 19.6. The Morgan fingerprint density at radius 3 is 2.39 bits per heavy atom. The number of ether oxygens (including phenoxy) is 1. The normalized spacial score (nSPS) is 22.4. The summed E-state index contributed by atoms with van der Waals surface area (Å²) in [5.41, 5.74) is 1.28.